The lowest BCUT2D eigenvalue weighted by Gasteiger charge is -2.30. The number of furan rings is 1. The lowest BCUT2D eigenvalue weighted by Crippen LogP contribution is -2.58. The number of ether oxygens (including phenoxy) is 4. The molecule has 4 aliphatic rings. The summed E-state index contributed by atoms with van der Waals surface area (Å²) >= 11 is 0. The van der Waals surface area contributed by atoms with E-state index in [2.05, 4.69) is 15.4 Å². The molecule has 3 fully saturated rings. The van der Waals surface area contributed by atoms with E-state index in [1.165, 1.54) is 4.90 Å². The lowest BCUT2D eigenvalue weighted by atomic mass is 10.0. The predicted molar refractivity (Wildman–Crippen MR) is 221 cm³/mol. The fraction of sp³-hybridized carbons (Fsp3) is 0.512. The molecule has 60 heavy (non-hydrogen) atoms. The van der Waals surface area contributed by atoms with Crippen molar-refractivity contribution in [2.75, 3.05) is 20.8 Å². The first-order chi connectivity index (χ1) is 28.6. The first-order valence-electron chi connectivity index (χ1n) is 20.5. The van der Waals surface area contributed by atoms with Crippen molar-refractivity contribution in [1.82, 2.24) is 25.2 Å². The third kappa shape index (κ3) is 8.27. The van der Waals surface area contributed by atoms with Gasteiger partial charge in [-0.3, -0.25) is 19.1 Å². The maximum Gasteiger partial charge on any atom is 0.408 e. The Morgan fingerprint density at radius 3 is 2.43 bits per heavy atom. The zero-order valence-electron chi connectivity index (χ0n) is 34.4. The van der Waals surface area contributed by atoms with Crippen LogP contribution in [0.4, 0.5) is 4.79 Å². The van der Waals surface area contributed by atoms with Gasteiger partial charge in [0.2, 0.25) is 21.8 Å². The van der Waals surface area contributed by atoms with Crippen LogP contribution in [0.5, 0.6) is 17.2 Å². The lowest BCUT2D eigenvalue weighted by molar-refractivity contribution is -0.141. The number of hydrogen-bond donors (Lipinski definition) is 3. The molecule has 0 bridgehead atoms. The van der Waals surface area contributed by atoms with E-state index in [0.717, 1.165) is 12.8 Å². The highest BCUT2D eigenvalue weighted by Gasteiger charge is 2.62. The molecular formula is C43H51N5O11S. The second-order valence-electron chi connectivity index (χ2n) is 17.2. The van der Waals surface area contributed by atoms with Crippen LogP contribution in [-0.2, 0) is 29.1 Å². The molecule has 0 radical (unpaired) electrons. The fourth-order valence-corrected chi connectivity index (χ4v) is 9.57. The van der Waals surface area contributed by atoms with E-state index in [1.54, 1.807) is 65.3 Å². The number of nitrogens with zero attached hydrogens (tertiary/aromatic N) is 2. The highest BCUT2D eigenvalue weighted by Crippen LogP contribution is 2.47. The SMILES string of the molecule is COc1ccc2c(O[C@@H]3C[C@H]4C(=O)N[C@]5(C(=O)NS(=O)(=O)C6CC6)C[C@@H]5/C=C\CCCCC[C@H](NC(=O)OC(C)(C)C)C(=O)N4C3)c3oc4cc(OC)ccc4c3nc2c1. The van der Waals surface area contributed by atoms with Crippen LogP contribution in [0.3, 0.4) is 0 Å². The molecule has 4 heterocycles. The smallest absolute Gasteiger partial charge is 0.408 e. The van der Waals surface area contributed by atoms with Gasteiger partial charge in [-0.1, -0.05) is 25.0 Å². The monoisotopic (exact) mass is 845 g/mol. The van der Waals surface area contributed by atoms with Gasteiger partial charge in [0.05, 0.1) is 31.5 Å². The number of amides is 4. The van der Waals surface area contributed by atoms with Crippen molar-refractivity contribution in [2.45, 2.75) is 113 Å². The number of alkyl carbamates (subject to hydrolysis) is 1. The third-order valence-electron chi connectivity index (χ3n) is 11.6. The van der Waals surface area contributed by atoms with Gasteiger partial charge < -0.3 is 38.9 Å². The zero-order chi connectivity index (χ0) is 42.6. The van der Waals surface area contributed by atoms with E-state index < -0.39 is 74.3 Å². The van der Waals surface area contributed by atoms with Gasteiger partial charge in [-0.2, -0.15) is 0 Å². The van der Waals surface area contributed by atoms with E-state index in [1.807, 2.05) is 18.2 Å². The summed E-state index contributed by atoms with van der Waals surface area (Å²) in [5.41, 5.74) is -0.440. The largest absolute Gasteiger partial charge is 0.497 e. The maximum atomic E-state index is 14.8. The van der Waals surface area contributed by atoms with Gasteiger partial charge >= 0.3 is 6.09 Å². The molecule has 16 nitrogen and oxygen atoms in total. The number of allylic oxidation sites excluding steroid dienone is 1. The molecule has 0 spiro atoms. The van der Waals surface area contributed by atoms with Gasteiger partial charge in [0.1, 0.15) is 51.9 Å². The number of aromatic nitrogens is 1. The first kappa shape index (κ1) is 41.2. The van der Waals surface area contributed by atoms with Gasteiger partial charge in [-0.25, -0.2) is 18.2 Å². The minimum Gasteiger partial charge on any atom is -0.497 e. The maximum absolute atomic E-state index is 14.8. The van der Waals surface area contributed by atoms with E-state index in [4.69, 9.17) is 28.3 Å². The van der Waals surface area contributed by atoms with Crippen molar-refractivity contribution in [1.29, 1.82) is 0 Å². The Balaban J connectivity index is 1.17. The summed E-state index contributed by atoms with van der Waals surface area (Å²) in [7, 11) is -0.809. The number of fused-ring (bicyclic) bond motifs is 6. The van der Waals surface area contributed by atoms with Crippen molar-refractivity contribution in [3.8, 4) is 17.2 Å². The van der Waals surface area contributed by atoms with E-state index >= 15 is 0 Å². The topological polar surface area (TPSA) is 205 Å². The van der Waals surface area contributed by atoms with Crippen LogP contribution in [0.15, 0.2) is 53.0 Å². The number of rotatable bonds is 8. The number of sulfonamides is 1. The summed E-state index contributed by atoms with van der Waals surface area (Å²) in [6.45, 7) is 5.10. The quantitative estimate of drug-likeness (QED) is 0.191. The standard InChI is InChI=1S/C43H51N5O11S/c1-42(2,3)59-41(52)45-31-12-10-8-6-7-9-11-24-22-43(24,40(51)47-60(53,54)28-15-16-28)46-38(49)33-20-27(23-48(33)39(31)50)57-36-29-17-13-25(55-4)19-32(29)44-35-30-18-14-26(56-5)21-34(30)58-37(35)36/h9,11,13-14,17-19,21,24,27-28,31,33H,6-8,10,12,15-16,20,22-23H2,1-5H3,(H,45,52)(H,46,49)(H,47,51)/b11-9-/t24-,27+,31-,33-,43+/m0/s1. The molecule has 5 atom stereocenters. The fourth-order valence-electron chi connectivity index (χ4n) is 8.20. The Morgan fingerprint density at radius 2 is 1.72 bits per heavy atom. The summed E-state index contributed by atoms with van der Waals surface area (Å²) in [6.07, 6.45) is 6.40. The van der Waals surface area contributed by atoms with Crippen LogP contribution in [0.1, 0.15) is 78.6 Å². The van der Waals surface area contributed by atoms with Gasteiger partial charge in [0.25, 0.3) is 5.91 Å². The summed E-state index contributed by atoms with van der Waals surface area (Å²) in [4.78, 5) is 62.7. The highest BCUT2D eigenvalue weighted by molar-refractivity contribution is 7.91. The molecule has 17 heteroatoms. The molecular weight excluding hydrogens is 795 g/mol. The van der Waals surface area contributed by atoms with Gasteiger partial charge in [0.15, 0.2) is 11.3 Å². The summed E-state index contributed by atoms with van der Waals surface area (Å²) in [5, 5.41) is 6.32. The van der Waals surface area contributed by atoms with E-state index in [0.29, 0.717) is 75.9 Å². The molecule has 2 aliphatic carbocycles. The minimum absolute atomic E-state index is 0.00910. The molecule has 3 N–H and O–H groups in total. The molecule has 4 aromatic rings. The van der Waals surface area contributed by atoms with Crippen LogP contribution in [0.2, 0.25) is 0 Å². The van der Waals surface area contributed by atoms with Crippen LogP contribution in [0.25, 0.3) is 33.0 Å². The minimum atomic E-state index is -3.93. The number of pyridine rings is 1. The van der Waals surface area contributed by atoms with E-state index in [9.17, 15) is 27.6 Å². The normalized spacial score (nSPS) is 25.6. The number of carbonyl (C=O) groups is 4. The van der Waals surface area contributed by atoms with Crippen molar-refractivity contribution in [3.63, 3.8) is 0 Å². The number of nitrogens with one attached hydrogen (secondary N) is 3. The Kier molecular flexibility index (Phi) is 10.8. The van der Waals surface area contributed by atoms with Crippen molar-refractivity contribution in [2.24, 2.45) is 5.92 Å². The van der Waals surface area contributed by atoms with Gasteiger partial charge in [0, 0.05) is 35.2 Å². The van der Waals surface area contributed by atoms with E-state index in [-0.39, 0.29) is 25.8 Å². The second-order valence-corrected chi connectivity index (χ2v) is 19.1. The van der Waals surface area contributed by atoms with Crippen LogP contribution >= 0.6 is 0 Å². The first-order valence-corrected chi connectivity index (χ1v) is 22.0. The highest BCUT2D eigenvalue weighted by atomic mass is 32.2. The molecule has 2 saturated carbocycles. The Labute approximate surface area is 347 Å². The summed E-state index contributed by atoms with van der Waals surface area (Å²) in [5.74, 6) is -0.945. The molecule has 2 aliphatic heterocycles. The average Bonchev–Trinajstić information content (AvgIpc) is 4.10. The summed E-state index contributed by atoms with van der Waals surface area (Å²) < 4.78 is 57.9. The number of methoxy groups -OCH3 is 2. The van der Waals surface area contributed by atoms with Crippen LogP contribution in [-0.4, -0.2) is 97.5 Å². The van der Waals surface area contributed by atoms with Crippen molar-refractivity contribution < 1.29 is 51.0 Å². The average molecular weight is 846 g/mol. The Bertz CT molecular complexity index is 2510. The molecule has 320 valence electrons. The molecule has 2 aromatic carbocycles. The van der Waals surface area contributed by atoms with Gasteiger partial charge in [-0.15, -0.1) is 0 Å². The molecule has 8 rings (SSSR count). The second kappa shape index (κ2) is 15.8. The molecule has 2 aromatic heterocycles. The summed E-state index contributed by atoms with van der Waals surface area (Å²) in [6, 6.07) is 8.53. The van der Waals surface area contributed by atoms with Crippen LogP contribution < -0.4 is 29.6 Å². The number of benzene rings is 2. The molecule has 0 unspecified atom stereocenters. The molecule has 4 amide bonds. The van der Waals surface area contributed by atoms with Gasteiger partial charge in [-0.05, 0) is 83.6 Å². The number of carbonyl (C=O) groups excluding carboxylic acids is 4. The van der Waals surface area contributed by atoms with Crippen molar-refractivity contribution >= 4 is 66.8 Å². The molecule has 1 saturated heterocycles. The number of hydrogen-bond acceptors (Lipinski definition) is 12. The predicted octanol–water partition coefficient (Wildman–Crippen LogP) is 5.40. The van der Waals surface area contributed by atoms with Crippen LogP contribution in [0, 0.1) is 5.92 Å². The zero-order valence-corrected chi connectivity index (χ0v) is 35.2. The Morgan fingerprint density at radius 1 is 0.983 bits per heavy atom. The Hall–Kier alpha value is -5.58. The van der Waals surface area contributed by atoms with Crippen molar-refractivity contribution in [3.05, 3.63) is 48.6 Å². The third-order valence-corrected chi connectivity index (χ3v) is 13.4.